The van der Waals surface area contributed by atoms with E-state index in [-0.39, 0.29) is 11.8 Å². The Labute approximate surface area is 158 Å². The first kappa shape index (κ1) is 18.8. The van der Waals surface area contributed by atoms with Gasteiger partial charge in [-0.1, -0.05) is 29.8 Å². The molecule has 0 aromatic heterocycles. The van der Waals surface area contributed by atoms with E-state index in [1.54, 1.807) is 25.3 Å². The van der Waals surface area contributed by atoms with Crippen LogP contribution in [-0.4, -0.2) is 26.0 Å². The minimum atomic E-state index is -1.02. The van der Waals surface area contributed by atoms with E-state index in [1.807, 2.05) is 31.2 Å². The third-order valence-corrected chi connectivity index (χ3v) is 4.81. The molecule has 2 aromatic carbocycles. The summed E-state index contributed by atoms with van der Waals surface area (Å²) >= 11 is 0. The summed E-state index contributed by atoms with van der Waals surface area (Å²) in [5, 5.41) is 5.71. The van der Waals surface area contributed by atoms with Crippen LogP contribution < -0.4 is 20.1 Å². The molecule has 1 aliphatic rings. The van der Waals surface area contributed by atoms with Gasteiger partial charge in [0.15, 0.2) is 0 Å². The number of carbonyl (C=O) groups is 2. The summed E-state index contributed by atoms with van der Waals surface area (Å²) in [6.07, 6.45) is 1.07. The Balaban J connectivity index is 1.68. The number of benzene rings is 2. The van der Waals surface area contributed by atoms with Gasteiger partial charge in [-0.15, -0.1) is 0 Å². The predicted molar refractivity (Wildman–Crippen MR) is 103 cm³/mol. The first-order chi connectivity index (χ1) is 13.0. The van der Waals surface area contributed by atoms with Crippen LogP contribution in [0.25, 0.3) is 0 Å². The Morgan fingerprint density at radius 3 is 2.44 bits per heavy atom. The molecule has 0 atom stereocenters. The standard InChI is InChI=1S/C21H24N2O4/c1-14-5-4-6-15(11-14)13-22-19(24)21(9-10-21)20(25)23-17-12-16(26-2)7-8-18(17)27-3/h4-8,11-12H,9-10,13H2,1-3H3,(H,22,24)(H,23,25). The highest BCUT2D eigenvalue weighted by Gasteiger charge is 2.56. The minimum Gasteiger partial charge on any atom is -0.497 e. The number of hydrogen-bond donors (Lipinski definition) is 2. The summed E-state index contributed by atoms with van der Waals surface area (Å²) in [5.41, 5.74) is 1.61. The third-order valence-electron chi connectivity index (χ3n) is 4.81. The quantitative estimate of drug-likeness (QED) is 0.737. The van der Waals surface area contributed by atoms with Crippen LogP contribution in [0.2, 0.25) is 0 Å². The van der Waals surface area contributed by atoms with E-state index in [0.717, 1.165) is 11.1 Å². The van der Waals surface area contributed by atoms with E-state index >= 15 is 0 Å². The second kappa shape index (κ2) is 7.70. The zero-order valence-electron chi connectivity index (χ0n) is 15.8. The van der Waals surface area contributed by atoms with Crippen molar-refractivity contribution in [3.05, 3.63) is 53.6 Å². The zero-order chi connectivity index (χ0) is 19.4. The van der Waals surface area contributed by atoms with E-state index < -0.39 is 5.41 Å². The number of rotatable bonds is 7. The predicted octanol–water partition coefficient (Wildman–Crippen LogP) is 3.05. The summed E-state index contributed by atoms with van der Waals surface area (Å²) in [6, 6.07) is 13.1. The molecule has 0 radical (unpaired) electrons. The normalized spacial score (nSPS) is 14.2. The highest BCUT2D eigenvalue weighted by atomic mass is 16.5. The Bertz CT molecular complexity index is 859. The summed E-state index contributed by atoms with van der Waals surface area (Å²) < 4.78 is 10.5. The van der Waals surface area contributed by atoms with E-state index in [1.165, 1.54) is 7.11 Å². The number of hydrogen-bond acceptors (Lipinski definition) is 4. The molecule has 0 saturated heterocycles. The van der Waals surface area contributed by atoms with Crippen LogP contribution in [0, 0.1) is 12.3 Å². The smallest absolute Gasteiger partial charge is 0.240 e. The summed E-state index contributed by atoms with van der Waals surface area (Å²) in [4.78, 5) is 25.5. The molecular formula is C21H24N2O4. The number of ether oxygens (including phenoxy) is 2. The SMILES string of the molecule is COc1ccc(OC)c(NC(=O)C2(C(=O)NCc3cccc(C)c3)CC2)c1. The van der Waals surface area contributed by atoms with E-state index in [2.05, 4.69) is 10.6 Å². The topological polar surface area (TPSA) is 76.7 Å². The highest BCUT2D eigenvalue weighted by molar-refractivity contribution is 6.13. The Morgan fingerprint density at radius 1 is 1.04 bits per heavy atom. The van der Waals surface area contributed by atoms with Crippen LogP contribution in [0.5, 0.6) is 11.5 Å². The molecule has 3 rings (SSSR count). The zero-order valence-corrected chi connectivity index (χ0v) is 15.8. The van der Waals surface area contributed by atoms with Gasteiger partial charge in [0.05, 0.1) is 19.9 Å². The lowest BCUT2D eigenvalue weighted by Crippen LogP contribution is -2.39. The maximum absolute atomic E-state index is 12.8. The van der Waals surface area contributed by atoms with Crippen LogP contribution in [0.3, 0.4) is 0 Å². The molecule has 1 fully saturated rings. The van der Waals surface area contributed by atoms with Gasteiger partial charge < -0.3 is 20.1 Å². The van der Waals surface area contributed by atoms with Crippen molar-refractivity contribution >= 4 is 17.5 Å². The molecule has 1 saturated carbocycles. The van der Waals surface area contributed by atoms with Gasteiger partial charge in [-0.25, -0.2) is 0 Å². The van der Waals surface area contributed by atoms with Crippen molar-refractivity contribution < 1.29 is 19.1 Å². The Morgan fingerprint density at radius 2 is 1.81 bits per heavy atom. The number of carbonyl (C=O) groups excluding carboxylic acids is 2. The number of methoxy groups -OCH3 is 2. The fourth-order valence-electron chi connectivity index (χ4n) is 3.01. The van der Waals surface area contributed by atoms with Crippen molar-refractivity contribution in [1.29, 1.82) is 0 Å². The van der Waals surface area contributed by atoms with Crippen molar-refractivity contribution in [2.24, 2.45) is 5.41 Å². The van der Waals surface area contributed by atoms with Crippen LogP contribution in [0.4, 0.5) is 5.69 Å². The monoisotopic (exact) mass is 368 g/mol. The maximum Gasteiger partial charge on any atom is 0.240 e. The molecule has 0 aliphatic heterocycles. The van der Waals surface area contributed by atoms with Crippen molar-refractivity contribution in [2.45, 2.75) is 26.3 Å². The van der Waals surface area contributed by atoms with Crippen molar-refractivity contribution in [3.63, 3.8) is 0 Å². The van der Waals surface area contributed by atoms with Crippen molar-refractivity contribution in [2.75, 3.05) is 19.5 Å². The van der Waals surface area contributed by atoms with Crippen LogP contribution in [-0.2, 0) is 16.1 Å². The average molecular weight is 368 g/mol. The second-order valence-corrected chi connectivity index (χ2v) is 6.77. The van der Waals surface area contributed by atoms with Crippen molar-refractivity contribution in [1.82, 2.24) is 5.32 Å². The van der Waals surface area contributed by atoms with Gasteiger partial charge >= 0.3 is 0 Å². The fourth-order valence-corrected chi connectivity index (χ4v) is 3.01. The van der Waals surface area contributed by atoms with Gasteiger partial charge in [0, 0.05) is 12.6 Å². The molecule has 2 amide bonds. The van der Waals surface area contributed by atoms with Crippen molar-refractivity contribution in [3.8, 4) is 11.5 Å². The van der Waals surface area contributed by atoms with Crippen LogP contribution in [0.15, 0.2) is 42.5 Å². The molecular weight excluding hydrogens is 344 g/mol. The molecule has 0 spiro atoms. The van der Waals surface area contributed by atoms with E-state index in [0.29, 0.717) is 36.6 Å². The van der Waals surface area contributed by atoms with Gasteiger partial charge in [0.1, 0.15) is 16.9 Å². The van der Waals surface area contributed by atoms with E-state index in [9.17, 15) is 9.59 Å². The largest absolute Gasteiger partial charge is 0.497 e. The Kier molecular flexibility index (Phi) is 5.35. The molecule has 2 aromatic rings. The van der Waals surface area contributed by atoms with E-state index in [4.69, 9.17) is 9.47 Å². The molecule has 1 aliphatic carbocycles. The number of amides is 2. The molecule has 0 bridgehead atoms. The molecule has 0 unspecified atom stereocenters. The van der Waals surface area contributed by atoms with Crippen LogP contribution in [0.1, 0.15) is 24.0 Å². The fraction of sp³-hybridized carbons (Fsp3) is 0.333. The average Bonchev–Trinajstić information content (AvgIpc) is 3.48. The van der Waals surface area contributed by atoms with Gasteiger partial charge in [0.2, 0.25) is 11.8 Å². The van der Waals surface area contributed by atoms with Gasteiger partial charge in [0.25, 0.3) is 0 Å². The molecule has 6 nitrogen and oxygen atoms in total. The molecule has 27 heavy (non-hydrogen) atoms. The van der Waals surface area contributed by atoms with Gasteiger partial charge in [-0.2, -0.15) is 0 Å². The lowest BCUT2D eigenvalue weighted by Gasteiger charge is -2.17. The Hall–Kier alpha value is -3.02. The molecule has 0 heterocycles. The number of nitrogens with one attached hydrogen (secondary N) is 2. The minimum absolute atomic E-state index is 0.247. The first-order valence-electron chi connectivity index (χ1n) is 8.86. The lowest BCUT2D eigenvalue weighted by atomic mass is 10.0. The molecule has 2 N–H and O–H groups in total. The third kappa shape index (κ3) is 4.05. The number of aryl methyl sites for hydroxylation is 1. The van der Waals surface area contributed by atoms with Gasteiger partial charge in [-0.3, -0.25) is 9.59 Å². The molecule has 6 heteroatoms. The summed E-state index contributed by atoms with van der Waals surface area (Å²) in [7, 11) is 3.08. The summed E-state index contributed by atoms with van der Waals surface area (Å²) in [6.45, 7) is 2.40. The van der Waals surface area contributed by atoms with Gasteiger partial charge in [-0.05, 0) is 37.5 Å². The summed E-state index contributed by atoms with van der Waals surface area (Å²) in [5.74, 6) is 0.541. The lowest BCUT2D eigenvalue weighted by molar-refractivity contribution is -0.134. The number of anilines is 1. The molecule has 142 valence electrons. The first-order valence-corrected chi connectivity index (χ1v) is 8.86. The van der Waals surface area contributed by atoms with Crippen LogP contribution >= 0.6 is 0 Å². The second-order valence-electron chi connectivity index (χ2n) is 6.77. The highest BCUT2D eigenvalue weighted by Crippen LogP contribution is 2.47. The maximum atomic E-state index is 12.8.